The molecule has 0 saturated carbocycles. The van der Waals surface area contributed by atoms with Gasteiger partial charge in [0.2, 0.25) is 5.95 Å². The van der Waals surface area contributed by atoms with Crippen LogP contribution in [-0.4, -0.2) is 45.7 Å². The fourth-order valence-corrected chi connectivity index (χ4v) is 6.04. The average Bonchev–Trinajstić information content (AvgIpc) is 3.33. The van der Waals surface area contributed by atoms with Crippen molar-refractivity contribution >= 4 is 46.6 Å². The smallest absolute Gasteiger partial charge is 0.211 e. The van der Waals surface area contributed by atoms with Crippen LogP contribution >= 0.6 is 35.0 Å². The Morgan fingerprint density at radius 2 is 1.94 bits per heavy atom. The Bertz CT molecular complexity index is 1130. The first kappa shape index (κ1) is 21.3. The molecule has 6 nitrogen and oxygen atoms in total. The normalized spacial score (nSPS) is 22.5. The quantitative estimate of drug-likeness (QED) is 0.577. The van der Waals surface area contributed by atoms with E-state index in [4.69, 9.17) is 38.7 Å². The Hall–Kier alpha value is -1.51. The molecule has 2 saturated heterocycles. The zero-order valence-electron chi connectivity index (χ0n) is 17.5. The number of fused-ring (bicyclic) bond motifs is 1. The first-order chi connectivity index (χ1) is 14.8. The Kier molecular flexibility index (Phi) is 5.38. The van der Waals surface area contributed by atoms with Crippen LogP contribution in [0.3, 0.4) is 0 Å². The third-order valence-electron chi connectivity index (χ3n) is 6.54. The molecule has 0 amide bonds. The summed E-state index contributed by atoms with van der Waals surface area (Å²) in [5.74, 6) is 0.884. The molecule has 5 rings (SSSR count). The van der Waals surface area contributed by atoms with Crippen LogP contribution in [0.15, 0.2) is 46.6 Å². The SMILES string of the molecule is CC1(C)COC2(CCN(c3ncc(Sc4cccc(Cl)c4Cl)c4nccn34)CC2)C1N. The highest BCUT2D eigenvalue weighted by atomic mass is 35.5. The highest BCUT2D eigenvalue weighted by molar-refractivity contribution is 7.99. The van der Waals surface area contributed by atoms with Crippen molar-refractivity contribution in [1.29, 1.82) is 0 Å². The average molecular weight is 478 g/mol. The van der Waals surface area contributed by atoms with E-state index < -0.39 is 0 Å². The van der Waals surface area contributed by atoms with Crippen molar-refractivity contribution in [2.75, 3.05) is 24.6 Å². The number of nitrogens with zero attached hydrogens (tertiary/aromatic N) is 4. The highest BCUT2D eigenvalue weighted by Crippen LogP contribution is 2.44. The van der Waals surface area contributed by atoms with Gasteiger partial charge in [-0.15, -0.1) is 0 Å². The largest absolute Gasteiger partial charge is 0.373 e. The minimum Gasteiger partial charge on any atom is -0.373 e. The molecular formula is C22H25Cl2N5OS. The Morgan fingerprint density at radius 3 is 2.65 bits per heavy atom. The first-order valence-electron chi connectivity index (χ1n) is 10.4. The third-order valence-corrected chi connectivity index (χ3v) is 8.54. The summed E-state index contributed by atoms with van der Waals surface area (Å²) in [4.78, 5) is 13.5. The van der Waals surface area contributed by atoms with Crippen molar-refractivity contribution in [3.05, 3.63) is 46.8 Å². The maximum Gasteiger partial charge on any atom is 0.211 e. The van der Waals surface area contributed by atoms with E-state index in [0.717, 1.165) is 53.9 Å². The van der Waals surface area contributed by atoms with Crippen molar-refractivity contribution in [3.8, 4) is 0 Å². The summed E-state index contributed by atoms with van der Waals surface area (Å²) in [7, 11) is 0. The summed E-state index contributed by atoms with van der Waals surface area (Å²) in [6.07, 6.45) is 7.40. The highest BCUT2D eigenvalue weighted by Gasteiger charge is 2.53. The Morgan fingerprint density at radius 1 is 1.16 bits per heavy atom. The number of benzene rings is 1. The van der Waals surface area contributed by atoms with Crippen LogP contribution in [-0.2, 0) is 4.74 Å². The Balaban J connectivity index is 1.40. The predicted octanol–water partition coefficient (Wildman–Crippen LogP) is 4.91. The van der Waals surface area contributed by atoms with E-state index in [0.29, 0.717) is 10.0 Å². The van der Waals surface area contributed by atoms with E-state index in [9.17, 15) is 0 Å². The summed E-state index contributed by atoms with van der Waals surface area (Å²) >= 11 is 14.1. The van der Waals surface area contributed by atoms with Gasteiger partial charge in [-0.3, -0.25) is 4.40 Å². The molecule has 1 spiro atoms. The number of nitrogens with two attached hydrogens (primary N) is 1. The van der Waals surface area contributed by atoms with Gasteiger partial charge < -0.3 is 15.4 Å². The van der Waals surface area contributed by atoms with Crippen molar-refractivity contribution in [1.82, 2.24) is 14.4 Å². The lowest BCUT2D eigenvalue weighted by Gasteiger charge is -2.42. The lowest BCUT2D eigenvalue weighted by Crippen LogP contribution is -2.56. The molecule has 1 unspecified atom stereocenters. The number of piperidine rings is 1. The predicted molar refractivity (Wildman–Crippen MR) is 125 cm³/mol. The summed E-state index contributed by atoms with van der Waals surface area (Å²) in [5, 5.41) is 1.08. The third kappa shape index (κ3) is 3.60. The van der Waals surface area contributed by atoms with Gasteiger partial charge in [0, 0.05) is 48.0 Å². The molecule has 0 radical (unpaired) electrons. The summed E-state index contributed by atoms with van der Waals surface area (Å²) < 4.78 is 8.29. The van der Waals surface area contributed by atoms with Crippen molar-refractivity contribution in [2.45, 2.75) is 48.1 Å². The molecule has 9 heteroatoms. The molecule has 3 aromatic rings. The van der Waals surface area contributed by atoms with Gasteiger partial charge in [-0.1, -0.05) is 54.9 Å². The van der Waals surface area contributed by atoms with Gasteiger partial charge in [-0.2, -0.15) is 0 Å². The van der Waals surface area contributed by atoms with Crippen LogP contribution in [0.4, 0.5) is 5.95 Å². The van der Waals surface area contributed by atoms with E-state index in [1.807, 2.05) is 28.9 Å². The second-order valence-corrected chi connectivity index (χ2v) is 10.9. The van der Waals surface area contributed by atoms with Crippen LogP contribution in [0.5, 0.6) is 0 Å². The van der Waals surface area contributed by atoms with Crippen LogP contribution in [0, 0.1) is 5.41 Å². The molecule has 2 N–H and O–H groups in total. The second kappa shape index (κ2) is 7.81. The minimum absolute atomic E-state index is 0.0124. The van der Waals surface area contributed by atoms with E-state index in [1.165, 1.54) is 11.8 Å². The van der Waals surface area contributed by atoms with Crippen LogP contribution in [0.1, 0.15) is 26.7 Å². The fourth-order valence-electron chi connectivity index (χ4n) is 4.63. The van der Waals surface area contributed by atoms with Crippen LogP contribution in [0.2, 0.25) is 10.0 Å². The van der Waals surface area contributed by atoms with Crippen LogP contribution < -0.4 is 10.6 Å². The van der Waals surface area contributed by atoms with Gasteiger partial charge >= 0.3 is 0 Å². The number of ether oxygens (including phenoxy) is 1. The fraction of sp³-hybridized carbons (Fsp3) is 0.455. The zero-order chi connectivity index (χ0) is 21.8. The second-order valence-electron chi connectivity index (χ2n) is 9.00. The molecule has 2 fully saturated rings. The van der Waals surface area contributed by atoms with Crippen molar-refractivity contribution in [3.63, 3.8) is 0 Å². The maximum atomic E-state index is 6.60. The molecular weight excluding hydrogens is 453 g/mol. The Labute approximate surface area is 196 Å². The number of halogens is 2. The molecule has 1 aromatic carbocycles. The molecule has 164 valence electrons. The van der Waals surface area contributed by atoms with E-state index in [2.05, 4.69) is 23.7 Å². The van der Waals surface area contributed by atoms with Gasteiger partial charge in [-0.25, -0.2) is 9.97 Å². The van der Waals surface area contributed by atoms with Crippen molar-refractivity contribution in [2.24, 2.45) is 11.1 Å². The molecule has 0 bridgehead atoms. The number of hydrogen-bond donors (Lipinski definition) is 1. The standard InChI is InChI=1S/C22H25Cl2N5OS/c1-21(2)13-30-22(19(21)25)6-9-28(10-7-22)20-27-12-16(18-26-8-11-29(18)20)31-15-5-3-4-14(23)17(15)24/h3-5,8,11-12,19H,6-7,9-10,13,25H2,1-2H3. The molecule has 4 heterocycles. The number of anilines is 1. The minimum atomic E-state index is -0.229. The topological polar surface area (TPSA) is 68.7 Å². The van der Waals surface area contributed by atoms with E-state index in [1.54, 1.807) is 12.3 Å². The molecule has 2 aromatic heterocycles. The van der Waals surface area contributed by atoms with Gasteiger partial charge in [-0.05, 0) is 25.0 Å². The monoisotopic (exact) mass is 477 g/mol. The maximum absolute atomic E-state index is 6.60. The van der Waals surface area contributed by atoms with Gasteiger partial charge in [0.05, 0.1) is 27.1 Å². The number of imidazole rings is 1. The summed E-state index contributed by atoms with van der Waals surface area (Å²) in [6, 6.07) is 5.67. The lowest BCUT2D eigenvalue weighted by atomic mass is 9.75. The summed E-state index contributed by atoms with van der Waals surface area (Å²) in [6.45, 7) is 6.79. The summed E-state index contributed by atoms with van der Waals surface area (Å²) in [5.41, 5.74) is 7.23. The lowest BCUT2D eigenvalue weighted by molar-refractivity contribution is -0.0236. The van der Waals surface area contributed by atoms with E-state index >= 15 is 0 Å². The molecule has 1 atom stereocenters. The number of rotatable bonds is 3. The van der Waals surface area contributed by atoms with E-state index in [-0.39, 0.29) is 17.1 Å². The number of hydrogen-bond acceptors (Lipinski definition) is 6. The van der Waals surface area contributed by atoms with Gasteiger partial charge in [0.25, 0.3) is 0 Å². The van der Waals surface area contributed by atoms with Gasteiger partial charge in [0.15, 0.2) is 5.65 Å². The molecule has 2 aliphatic heterocycles. The van der Waals surface area contributed by atoms with Gasteiger partial charge in [0.1, 0.15) is 0 Å². The molecule has 31 heavy (non-hydrogen) atoms. The zero-order valence-corrected chi connectivity index (χ0v) is 19.8. The molecule has 2 aliphatic rings. The van der Waals surface area contributed by atoms with Crippen LogP contribution in [0.25, 0.3) is 5.65 Å². The van der Waals surface area contributed by atoms with Crippen molar-refractivity contribution < 1.29 is 4.74 Å². The molecule has 0 aliphatic carbocycles. The number of aromatic nitrogens is 3. The first-order valence-corrected chi connectivity index (χ1v) is 12.0.